The highest BCUT2D eigenvalue weighted by Gasteiger charge is 2.14. The molecule has 0 aliphatic carbocycles. The van der Waals surface area contributed by atoms with Crippen LogP contribution in [0.1, 0.15) is 43.0 Å². The zero-order valence-electron chi connectivity index (χ0n) is 11.1. The van der Waals surface area contributed by atoms with E-state index >= 15 is 0 Å². The molecule has 0 aliphatic rings. The average Bonchev–Trinajstić information content (AvgIpc) is 2.38. The fourth-order valence-corrected chi connectivity index (χ4v) is 2.18. The summed E-state index contributed by atoms with van der Waals surface area (Å²) in [6.45, 7) is 2.28. The molecular weight excluding hydrogens is 303 g/mol. The summed E-state index contributed by atoms with van der Waals surface area (Å²) in [6.07, 6.45) is 1.28. The van der Waals surface area contributed by atoms with Crippen molar-refractivity contribution in [2.45, 2.75) is 32.6 Å². The van der Waals surface area contributed by atoms with Gasteiger partial charge in [-0.25, -0.2) is 0 Å². The number of hydrogen-bond acceptors (Lipinski definition) is 3. The minimum Gasteiger partial charge on any atom is -0.492 e. The standard InChI is InChI=1S/C14H16Cl2O4/c1-2-20-13-8-10(15)9(7-11(13)16)12(17)5-3-4-6-14(18)19/h7-8H,2-6H2,1H3,(H,18,19). The molecule has 20 heavy (non-hydrogen) atoms. The van der Waals surface area contributed by atoms with Gasteiger partial charge in [-0.15, -0.1) is 0 Å². The Hall–Kier alpha value is -1.26. The van der Waals surface area contributed by atoms with Crippen LogP contribution in [-0.2, 0) is 4.79 Å². The van der Waals surface area contributed by atoms with Crippen LogP contribution in [0.3, 0.4) is 0 Å². The molecule has 1 N–H and O–H groups in total. The normalized spacial score (nSPS) is 10.3. The molecular formula is C14H16Cl2O4. The van der Waals surface area contributed by atoms with Crippen LogP contribution in [-0.4, -0.2) is 23.5 Å². The first-order valence-electron chi connectivity index (χ1n) is 6.32. The minimum absolute atomic E-state index is 0.0606. The van der Waals surface area contributed by atoms with Crippen molar-refractivity contribution in [2.75, 3.05) is 6.61 Å². The molecule has 1 aromatic rings. The van der Waals surface area contributed by atoms with Gasteiger partial charge in [-0.3, -0.25) is 9.59 Å². The van der Waals surface area contributed by atoms with Crippen molar-refractivity contribution < 1.29 is 19.4 Å². The number of unbranched alkanes of at least 4 members (excludes halogenated alkanes) is 1. The highest BCUT2D eigenvalue weighted by molar-refractivity contribution is 6.36. The van der Waals surface area contributed by atoms with E-state index < -0.39 is 5.97 Å². The lowest BCUT2D eigenvalue weighted by Crippen LogP contribution is -2.02. The molecule has 0 bridgehead atoms. The first-order valence-corrected chi connectivity index (χ1v) is 7.08. The summed E-state index contributed by atoms with van der Waals surface area (Å²) >= 11 is 12.1. The maximum Gasteiger partial charge on any atom is 0.303 e. The zero-order chi connectivity index (χ0) is 15.1. The molecule has 0 fully saturated rings. The number of Topliss-reactive ketones (excluding diaryl/α,β-unsaturated/α-hetero) is 1. The number of carboxylic acid groups (broad SMARTS) is 1. The lowest BCUT2D eigenvalue weighted by Gasteiger charge is -2.09. The monoisotopic (exact) mass is 318 g/mol. The molecule has 1 rings (SSSR count). The molecule has 0 aliphatic heterocycles. The van der Waals surface area contributed by atoms with Crippen molar-refractivity contribution in [1.29, 1.82) is 0 Å². The maximum absolute atomic E-state index is 12.0. The van der Waals surface area contributed by atoms with E-state index in [0.717, 1.165) is 0 Å². The lowest BCUT2D eigenvalue weighted by atomic mass is 10.0. The lowest BCUT2D eigenvalue weighted by molar-refractivity contribution is -0.137. The van der Waals surface area contributed by atoms with Crippen molar-refractivity contribution in [2.24, 2.45) is 0 Å². The predicted octanol–water partition coefficient (Wildman–Crippen LogP) is 4.22. The zero-order valence-corrected chi connectivity index (χ0v) is 12.6. The van der Waals surface area contributed by atoms with Gasteiger partial charge in [-0.1, -0.05) is 23.2 Å². The molecule has 4 nitrogen and oxygen atoms in total. The van der Waals surface area contributed by atoms with Gasteiger partial charge in [0.1, 0.15) is 5.75 Å². The van der Waals surface area contributed by atoms with Gasteiger partial charge in [0.25, 0.3) is 0 Å². The van der Waals surface area contributed by atoms with Crippen molar-refractivity contribution in [3.05, 3.63) is 27.7 Å². The number of carboxylic acids is 1. The van der Waals surface area contributed by atoms with Crippen molar-refractivity contribution >= 4 is 35.0 Å². The third kappa shape index (κ3) is 5.02. The highest BCUT2D eigenvalue weighted by Crippen LogP contribution is 2.32. The van der Waals surface area contributed by atoms with Crippen molar-refractivity contribution in [3.8, 4) is 5.75 Å². The van der Waals surface area contributed by atoms with Crippen LogP contribution in [0.15, 0.2) is 12.1 Å². The summed E-state index contributed by atoms with van der Waals surface area (Å²) in [7, 11) is 0. The molecule has 110 valence electrons. The Kier molecular flexibility index (Phi) is 6.82. The van der Waals surface area contributed by atoms with Crippen LogP contribution >= 0.6 is 23.2 Å². The smallest absolute Gasteiger partial charge is 0.303 e. The van der Waals surface area contributed by atoms with E-state index in [-0.39, 0.29) is 18.6 Å². The molecule has 0 heterocycles. The number of carbonyl (C=O) groups excluding carboxylic acids is 1. The molecule has 0 atom stereocenters. The Labute approximate surface area is 127 Å². The van der Waals surface area contributed by atoms with Gasteiger partial charge in [0, 0.05) is 24.5 Å². The number of aliphatic carboxylic acids is 1. The average molecular weight is 319 g/mol. The Morgan fingerprint density at radius 1 is 1.15 bits per heavy atom. The number of carbonyl (C=O) groups is 2. The number of rotatable bonds is 8. The number of ether oxygens (including phenoxy) is 1. The summed E-state index contributed by atoms with van der Waals surface area (Å²) in [6, 6.07) is 3.02. The van der Waals surface area contributed by atoms with Gasteiger partial charge in [0.15, 0.2) is 5.78 Å². The first kappa shape index (κ1) is 16.8. The summed E-state index contributed by atoms with van der Waals surface area (Å²) in [4.78, 5) is 22.4. The third-order valence-corrected chi connectivity index (χ3v) is 3.27. The molecule has 0 unspecified atom stereocenters. The molecule has 1 aromatic carbocycles. The van der Waals surface area contributed by atoms with E-state index in [0.29, 0.717) is 40.8 Å². The van der Waals surface area contributed by atoms with Gasteiger partial charge >= 0.3 is 5.97 Å². The van der Waals surface area contributed by atoms with Crippen LogP contribution in [0.2, 0.25) is 10.0 Å². The summed E-state index contributed by atoms with van der Waals surface area (Å²) in [5.41, 5.74) is 0.343. The number of ketones is 1. The second-order valence-corrected chi connectivity index (χ2v) is 5.03. The van der Waals surface area contributed by atoms with E-state index in [1.54, 1.807) is 0 Å². The number of halogens is 2. The first-order chi connectivity index (χ1) is 9.45. The van der Waals surface area contributed by atoms with Gasteiger partial charge < -0.3 is 9.84 Å². The quantitative estimate of drug-likeness (QED) is 0.575. The number of hydrogen-bond donors (Lipinski definition) is 1. The minimum atomic E-state index is -0.861. The topological polar surface area (TPSA) is 63.6 Å². The number of benzene rings is 1. The van der Waals surface area contributed by atoms with E-state index in [1.807, 2.05) is 6.92 Å². The molecule has 0 saturated heterocycles. The fraction of sp³-hybridized carbons (Fsp3) is 0.429. The van der Waals surface area contributed by atoms with Crippen LogP contribution in [0.4, 0.5) is 0 Å². The molecule has 0 radical (unpaired) electrons. The summed E-state index contributed by atoms with van der Waals surface area (Å²) in [5, 5.41) is 9.15. The molecule has 0 spiro atoms. The van der Waals surface area contributed by atoms with Crippen molar-refractivity contribution in [1.82, 2.24) is 0 Å². The summed E-state index contributed by atoms with van der Waals surface area (Å²) < 4.78 is 5.28. The largest absolute Gasteiger partial charge is 0.492 e. The highest BCUT2D eigenvalue weighted by atomic mass is 35.5. The Morgan fingerprint density at radius 3 is 2.40 bits per heavy atom. The second-order valence-electron chi connectivity index (χ2n) is 4.22. The third-order valence-electron chi connectivity index (χ3n) is 2.67. The van der Waals surface area contributed by atoms with Crippen LogP contribution in [0.5, 0.6) is 5.75 Å². The molecule has 6 heteroatoms. The Morgan fingerprint density at radius 2 is 1.80 bits per heavy atom. The van der Waals surface area contributed by atoms with E-state index in [2.05, 4.69) is 0 Å². The predicted molar refractivity (Wildman–Crippen MR) is 78.1 cm³/mol. The van der Waals surface area contributed by atoms with Crippen LogP contribution in [0, 0.1) is 0 Å². The van der Waals surface area contributed by atoms with Gasteiger partial charge in [-0.2, -0.15) is 0 Å². The van der Waals surface area contributed by atoms with Gasteiger partial charge in [0.2, 0.25) is 0 Å². The maximum atomic E-state index is 12.0. The fourth-order valence-electron chi connectivity index (χ4n) is 1.70. The van der Waals surface area contributed by atoms with E-state index in [4.69, 9.17) is 33.0 Å². The van der Waals surface area contributed by atoms with E-state index in [1.165, 1.54) is 12.1 Å². The molecule has 0 saturated carbocycles. The molecule has 0 aromatic heterocycles. The molecule has 0 amide bonds. The Balaban J connectivity index is 2.68. The van der Waals surface area contributed by atoms with Crippen LogP contribution in [0.25, 0.3) is 0 Å². The van der Waals surface area contributed by atoms with Crippen LogP contribution < -0.4 is 4.74 Å². The SMILES string of the molecule is CCOc1cc(Cl)c(C(=O)CCCCC(=O)O)cc1Cl. The Bertz CT molecular complexity index is 500. The van der Waals surface area contributed by atoms with Gasteiger partial charge in [0.05, 0.1) is 16.7 Å². The van der Waals surface area contributed by atoms with E-state index in [9.17, 15) is 9.59 Å². The summed E-state index contributed by atoms with van der Waals surface area (Å²) in [5.74, 6) is -0.563. The van der Waals surface area contributed by atoms with Gasteiger partial charge in [-0.05, 0) is 25.8 Å². The second kappa shape index (κ2) is 8.12. The van der Waals surface area contributed by atoms with Crippen molar-refractivity contribution in [3.63, 3.8) is 0 Å².